The third-order valence-electron chi connectivity index (χ3n) is 4.05. The van der Waals surface area contributed by atoms with Crippen molar-refractivity contribution >= 4 is 54.9 Å². The van der Waals surface area contributed by atoms with Crippen molar-refractivity contribution in [2.24, 2.45) is 15.3 Å². The molecule has 5 N–H and O–H groups in total. The van der Waals surface area contributed by atoms with Crippen molar-refractivity contribution in [3.8, 4) is 0 Å². The fourth-order valence-corrected chi connectivity index (χ4v) is 3.73. The molecule has 3 rings (SSSR count). The van der Waals surface area contributed by atoms with Crippen molar-refractivity contribution in [3.05, 3.63) is 42.5 Å². The summed E-state index contributed by atoms with van der Waals surface area (Å²) in [5, 5.41) is 20.8. The van der Waals surface area contributed by atoms with Crippen LogP contribution in [0.25, 0.3) is 0 Å². The number of hydrazone groups is 1. The van der Waals surface area contributed by atoms with E-state index in [1.165, 1.54) is 6.07 Å². The molecule has 0 radical (unpaired) electrons. The number of azo groups is 1. The minimum Gasteiger partial charge on any atom is -0.477 e. The molecule has 1 atom stereocenters. The van der Waals surface area contributed by atoms with E-state index in [1.807, 2.05) is 0 Å². The van der Waals surface area contributed by atoms with Gasteiger partial charge in [-0.1, -0.05) is 0 Å². The van der Waals surface area contributed by atoms with Crippen molar-refractivity contribution in [2.45, 2.75) is 15.8 Å². The fourth-order valence-electron chi connectivity index (χ4n) is 2.59. The van der Waals surface area contributed by atoms with Gasteiger partial charge in [-0.05, 0) is 42.5 Å². The van der Waals surface area contributed by atoms with E-state index in [0.29, 0.717) is 5.01 Å². The minimum absolute atomic E-state index is 0.0131. The Morgan fingerprint density at radius 1 is 1.03 bits per heavy atom. The second kappa shape index (κ2) is 8.08. The second-order valence-corrected chi connectivity index (χ2v) is 9.04. The van der Waals surface area contributed by atoms with E-state index in [-0.39, 0.29) is 11.4 Å². The van der Waals surface area contributed by atoms with E-state index in [4.69, 9.17) is 10.3 Å². The van der Waals surface area contributed by atoms with Crippen LogP contribution in [0.15, 0.2) is 67.6 Å². The molecule has 0 aliphatic carbocycles. The first kappa shape index (κ1) is 22.9. The molecular formula is C16H13N5O9S2. The highest BCUT2D eigenvalue weighted by Crippen LogP contribution is 2.29. The van der Waals surface area contributed by atoms with Gasteiger partial charge < -0.3 is 10.8 Å². The first-order valence-electron chi connectivity index (χ1n) is 8.30. The molecule has 32 heavy (non-hydrogen) atoms. The summed E-state index contributed by atoms with van der Waals surface area (Å²) < 4.78 is 63.6. The standard InChI is InChI=1S/C16H13N5O9S2/c17-8-1-6-11(12(7-8)32(28,29)30)18-19-13-14(16(23)24)20-21(15(13)22)9-2-4-10(5-3-9)31(25,26)27/h1-7,13H,17H2,(H,23,24)(H,25,26,27)(H,28,29,30). The minimum atomic E-state index is -4.76. The van der Waals surface area contributed by atoms with Crippen LogP contribution >= 0.6 is 0 Å². The third-order valence-corrected chi connectivity index (χ3v) is 5.80. The predicted molar refractivity (Wildman–Crippen MR) is 108 cm³/mol. The summed E-state index contributed by atoms with van der Waals surface area (Å²) in [4.78, 5) is 23.0. The number of carboxylic acid groups (broad SMARTS) is 1. The maximum Gasteiger partial charge on any atom is 0.355 e. The van der Waals surface area contributed by atoms with Crippen LogP contribution in [0, 0.1) is 0 Å². The van der Waals surface area contributed by atoms with Crippen LogP contribution in [0.2, 0.25) is 0 Å². The fraction of sp³-hybridized carbons (Fsp3) is 0.0625. The number of nitrogen functional groups attached to an aromatic ring is 1. The number of carboxylic acids is 1. The Morgan fingerprint density at radius 2 is 1.66 bits per heavy atom. The van der Waals surface area contributed by atoms with Crippen LogP contribution < -0.4 is 10.7 Å². The van der Waals surface area contributed by atoms with Crippen LogP contribution in [-0.4, -0.2) is 54.7 Å². The highest BCUT2D eigenvalue weighted by molar-refractivity contribution is 7.86. The Balaban J connectivity index is 1.98. The molecule has 2 aromatic rings. The smallest absolute Gasteiger partial charge is 0.355 e. The zero-order chi connectivity index (χ0) is 23.8. The van der Waals surface area contributed by atoms with Gasteiger partial charge in [0.05, 0.1) is 10.6 Å². The Hall–Kier alpha value is -3.73. The summed E-state index contributed by atoms with van der Waals surface area (Å²) in [5.74, 6) is -2.61. The molecule has 16 heteroatoms. The highest BCUT2D eigenvalue weighted by atomic mass is 32.2. The third kappa shape index (κ3) is 4.62. The van der Waals surface area contributed by atoms with E-state index in [0.717, 1.165) is 36.4 Å². The lowest BCUT2D eigenvalue weighted by Gasteiger charge is -2.12. The number of anilines is 2. The molecule has 0 fully saturated rings. The number of benzene rings is 2. The second-order valence-electron chi connectivity index (χ2n) is 6.23. The number of nitrogens with two attached hydrogens (primary N) is 1. The molecule has 0 aromatic heterocycles. The number of hydrogen-bond donors (Lipinski definition) is 4. The molecule has 1 unspecified atom stereocenters. The van der Waals surface area contributed by atoms with Crippen molar-refractivity contribution in [1.29, 1.82) is 0 Å². The van der Waals surface area contributed by atoms with E-state index in [1.54, 1.807) is 0 Å². The van der Waals surface area contributed by atoms with Crippen molar-refractivity contribution in [1.82, 2.24) is 0 Å². The van der Waals surface area contributed by atoms with Gasteiger partial charge in [0.15, 0.2) is 5.71 Å². The van der Waals surface area contributed by atoms with Gasteiger partial charge in [0.1, 0.15) is 10.6 Å². The highest BCUT2D eigenvalue weighted by Gasteiger charge is 2.41. The van der Waals surface area contributed by atoms with Crippen molar-refractivity contribution in [3.63, 3.8) is 0 Å². The van der Waals surface area contributed by atoms with Gasteiger partial charge >= 0.3 is 5.97 Å². The molecule has 14 nitrogen and oxygen atoms in total. The zero-order valence-electron chi connectivity index (χ0n) is 15.6. The number of carbonyl (C=O) groups is 2. The Bertz CT molecular complexity index is 1380. The summed E-state index contributed by atoms with van der Waals surface area (Å²) in [5.41, 5.74) is 4.28. The lowest BCUT2D eigenvalue weighted by Crippen LogP contribution is -2.33. The lowest BCUT2D eigenvalue weighted by atomic mass is 10.2. The number of amides is 1. The Kier molecular flexibility index (Phi) is 5.79. The monoisotopic (exact) mass is 483 g/mol. The van der Waals surface area contributed by atoms with Crippen LogP contribution in [0.3, 0.4) is 0 Å². The molecular weight excluding hydrogens is 470 g/mol. The van der Waals surface area contributed by atoms with E-state index in [9.17, 15) is 36.1 Å². The molecule has 2 aromatic carbocycles. The topological polar surface area (TPSA) is 229 Å². The summed E-state index contributed by atoms with van der Waals surface area (Å²) in [6, 6.07) is 5.58. The summed E-state index contributed by atoms with van der Waals surface area (Å²) >= 11 is 0. The van der Waals surface area contributed by atoms with Crippen LogP contribution in [0.1, 0.15) is 0 Å². The molecule has 1 aliphatic rings. The molecule has 0 spiro atoms. The molecule has 0 saturated heterocycles. The Morgan fingerprint density at radius 3 is 2.19 bits per heavy atom. The molecule has 1 amide bonds. The average Bonchev–Trinajstić information content (AvgIpc) is 3.02. The first-order valence-corrected chi connectivity index (χ1v) is 11.2. The lowest BCUT2D eigenvalue weighted by molar-refractivity contribution is -0.130. The quantitative estimate of drug-likeness (QED) is 0.255. The SMILES string of the molecule is Nc1ccc(N=NC2C(=O)N(c3ccc(S(=O)(=O)O)cc3)N=C2C(=O)O)c(S(=O)(=O)O)c1. The van der Waals surface area contributed by atoms with Crippen LogP contribution in [0.5, 0.6) is 0 Å². The van der Waals surface area contributed by atoms with Gasteiger partial charge in [0.2, 0.25) is 6.04 Å². The molecule has 1 heterocycles. The maximum absolute atomic E-state index is 12.7. The van der Waals surface area contributed by atoms with Crippen molar-refractivity contribution in [2.75, 3.05) is 10.7 Å². The molecule has 0 saturated carbocycles. The first-order chi connectivity index (χ1) is 14.8. The summed E-state index contributed by atoms with van der Waals surface area (Å²) in [7, 11) is -9.26. The van der Waals surface area contributed by atoms with Crippen LogP contribution in [0.4, 0.5) is 17.1 Å². The number of rotatable bonds is 6. The number of nitrogens with zero attached hydrogens (tertiary/aromatic N) is 4. The maximum atomic E-state index is 12.7. The Labute approximate surface area is 180 Å². The number of hydrogen-bond acceptors (Lipinski definition) is 10. The molecule has 1 aliphatic heterocycles. The van der Waals surface area contributed by atoms with E-state index < -0.39 is 59.3 Å². The van der Waals surface area contributed by atoms with Gasteiger partial charge in [-0.15, -0.1) is 0 Å². The van der Waals surface area contributed by atoms with Gasteiger partial charge in [-0.25, -0.2) is 4.79 Å². The van der Waals surface area contributed by atoms with Gasteiger partial charge in [-0.3, -0.25) is 13.9 Å². The van der Waals surface area contributed by atoms with Gasteiger partial charge in [0.25, 0.3) is 26.1 Å². The number of aliphatic carboxylic acids is 1. The van der Waals surface area contributed by atoms with Crippen LogP contribution in [-0.2, 0) is 29.8 Å². The normalized spacial score (nSPS) is 17.1. The summed E-state index contributed by atoms with van der Waals surface area (Å²) in [6.45, 7) is 0. The van der Waals surface area contributed by atoms with Gasteiger partial charge in [0, 0.05) is 5.69 Å². The van der Waals surface area contributed by atoms with E-state index in [2.05, 4.69) is 15.3 Å². The van der Waals surface area contributed by atoms with E-state index >= 15 is 0 Å². The zero-order valence-corrected chi connectivity index (χ0v) is 17.2. The molecule has 168 valence electrons. The van der Waals surface area contributed by atoms with Crippen molar-refractivity contribution < 1.29 is 40.6 Å². The predicted octanol–water partition coefficient (Wildman–Crippen LogP) is 0.702. The van der Waals surface area contributed by atoms with Gasteiger partial charge in [-0.2, -0.15) is 37.2 Å². The molecule has 0 bridgehead atoms. The summed E-state index contributed by atoms with van der Waals surface area (Å²) in [6.07, 6.45) is 0. The average molecular weight is 483 g/mol. The largest absolute Gasteiger partial charge is 0.477 e. The number of carbonyl (C=O) groups excluding carboxylic acids is 1.